The fourth-order valence-electron chi connectivity index (χ4n) is 1.69. The Bertz CT molecular complexity index is 533. The molecule has 2 aromatic rings. The largest absolute Gasteiger partial charge is 0.330 e. The summed E-state index contributed by atoms with van der Waals surface area (Å²) in [5.74, 6) is 0. The van der Waals surface area contributed by atoms with Crippen LogP contribution in [0.4, 0.5) is 0 Å². The van der Waals surface area contributed by atoms with Gasteiger partial charge in [-0.2, -0.15) is 5.10 Å². The molecule has 0 amide bonds. The summed E-state index contributed by atoms with van der Waals surface area (Å²) in [5.41, 5.74) is 5.40. The number of nitrogens with zero attached hydrogens (tertiary/aromatic N) is 2. The highest BCUT2D eigenvalue weighted by Crippen LogP contribution is 2.06. The highest BCUT2D eigenvalue weighted by Gasteiger charge is 2.02. The van der Waals surface area contributed by atoms with Crippen molar-refractivity contribution in [2.45, 2.75) is 19.4 Å². The number of unbranched alkanes of at least 4 members (excludes halogenated alkanes) is 1. The van der Waals surface area contributed by atoms with Crippen LogP contribution >= 0.6 is 0 Å². The van der Waals surface area contributed by atoms with E-state index < -0.39 is 0 Å². The number of hydrogen-bond acceptors (Lipinski definition) is 3. The minimum absolute atomic E-state index is 0.0184. The van der Waals surface area contributed by atoms with Crippen molar-refractivity contribution < 1.29 is 0 Å². The quantitative estimate of drug-likeness (QED) is 0.781. The Morgan fingerprint density at radius 3 is 2.88 bits per heavy atom. The van der Waals surface area contributed by atoms with E-state index >= 15 is 0 Å². The number of hydrogen-bond donors (Lipinski definition) is 1. The Morgan fingerprint density at radius 1 is 1.25 bits per heavy atom. The summed E-state index contributed by atoms with van der Waals surface area (Å²) in [7, 11) is 0. The first-order chi connectivity index (χ1) is 7.83. The van der Waals surface area contributed by atoms with Crippen LogP contribution in [0, 0.1) is 0 Å². The summed E-state index contributed by atoms with van der Waals surface area (Å²) in [6, 6.07) is 7.50. The maximum Gasteiger partial charge on any atom is 0.274 e. The number of benzene rings is 1. The van der Waals surface area contributed by atoms with Gasteiger partial charge in [-0.25, -0.2) is 4.68 Å². The van der Waals surface area contributed by atoms with Gasteiger partial charge < -0.3 is 5.73 Å². The lowest BCUT2D eigenvalue weighted by atomic mass is 10.2. The number of fused-ring (bicyclic) bond motifs is 1. The van der Waals surface area contributed by atoms with E-state index in [2.05, 4.69) is 5.10 Å². The van der Waals surface area contributed by atoms with Crippen molar-refractivity contribution in [1.82, 2.24) is 9.78 Å². The van der Waals surface area contributed by atoms with E-state index in [1.165, 1.54) is 4.68 Å². The van der Waals surface area contributed by atoms with E-state index in [1.54, 1.807) is 6.20 Å². The predicted octanol–water partition coefficient (Wildman–Crippen LogP) is 1.14. The van der Waals surface area contributed by atoms with Crippen molar-refractivity contribution in [3.8, 4) is 0 Å². The molecular weight excluding hydrogens is 202 g/mol. The van der Waals surface area contributed by atoms with E-state index in [4.69, 9.17) is 5.73 Å². The molecule has 0 radical (unpaired) electrons. The third kappa shape index (κ3) is 2.12. The predicted molar refractivity (Wildman–Crippen MR) is 64.3 cm³/mol. The van der Waals surface area contributed by atoms with E-state index in [-0.39, 0.29) is 5.56 Å². The number of nitrogens with two attached hydrogens (primary N) is 1. The molecule has 0 fully saturated rings. The SMILES string of the molecule is NCCCCn1ncc2ccccc2c1=O. The molecule has 16 heavy (non-hydrogen) atoms. The lowest BCUT2D eigenvalue weighted by Gasteiger charge is -2.04. The molecule has 0 saturated carbocycles. The van der Waals surface area contributed by atoms with Gasteiger partial charge in [0, 0.05) is 11.9 Å². The van der Waals surface area contributed by atoms with Crippen molar-refractivity contribution >= 4 is 10.8 Å². The summed E-state index contributed by atoms with van der Waals surface area (Å²) in [4.78, 5) is 12.0. The van der Waals surface area contributed by atoms with Crippen molar-refractivity contribution in [3.63, 3.8) is 0 Å². The molecule has 2 rings (SSSR count). The normalized spacial score (nSPS) is 10.8. The van der Waals surface area contributed by atoms with Gasteiger partial charge in [0.1, 0.15) is 0 Å². The van der Waals surface area contributed by atoms with Crippen LogP contribution in [0.3, 0.4) is 0 Å². The molecule has 0 atom stereocenters. The summed E-state index contributed by atoms with van der Waals surface area (Å²) >= 11 is 0. The van der Waals surface area contributed by atoms with E-state index in [0.29, 0.717) is 13.1 Å². The molecule has 0 saturated heterocycles. The Labute approximate surface area is 93.7 Å². The highest BCUT2D eigenvalue weighted by atomic mass is 16.1. The van der Waals surface area contributed by atoms with Crippen molar-refractivity contribution in [2.24, 2.45) is 5.73 Å². The molecule has 0 aliphatic heterocycles. The summed E-state index contributed by atoms with van der Waals surface area (Å²) in [6.07, 6.45) is 3.54. The maximum atomic E-state index is 12.0. The van der Waals surface area contributed by atoms with Gasteiger partial charge in [-0.3, -0.25) is 4.79 Å². The maximum absolute atomic E-state index is 12.0. The molecule has 0 unspecified atom stereocenters. The fraction of sp³-hybridized carbons (Fsp3) is 0.333. The first-order valence-electron chi connectivity index (χ1n) is 5.48. The Morgan fingerprint density at radius 2 is 2.06 bits per heavy atom. The second kappa shape index (κ2) is 4.90. The molecule has 0 aliphatic carbocycles. The van der Waals surface area contributed by atoms with Crippen LogP contribution in [0.25, 0.3) is 10.8 Å². The Kier molecular flexibility index (Phi) is 3.31. The van der Waals surface area contributed by atoms with Crippen LogP contribution in [0.15, 0.2) is 35.3 Å². The molecule has 0 aliphatic rings. The van der Waals surface area contributed by atoms with Crippen LogP contribution in [0.1, 0.15) is 12.8 Å². The van der Waals surface area contributed by atoms with Gasteiger partial charge in [0.05, 0.1) is 11.6 Å². The van der Waals surface area contributed by atoms with Crippen LogP contribution in [-0.2, 0) is 6.54 Å². The van der Waals surface area contributed by atoms with Gasteiger partial charge in [-0.1, -0.05) is 18.2 Å². The molecule has 0 bridgehead atoms. The summed E-state index contributed by atoms with van der Waals surface area (Å²) < 4.78 is 1.51. The molecule has 2 N–H and O–H groups in total. The van der Waals surface area contributed by atoms with Gasteiger partial charge in [-0.15, -0.1) is 0 Å². The number of aromatic nitrogens is 2. The monoisotopic (exact) mass is 217 g/mol. The average molecular weight is 217 g/mol. The lowest BCUT2D eigenvalue weighted by molar-refractivity contribution is 0.539. The van der Waals surface area contributed by atoms with Crippen molar-refractivity contribution in [1.29, 1.82) is 0 Å². The zero-order valence-electron chi connectivity index (χ0n) is 9.10. The highest BCUT2D eigenvalue weighted by molar-refractivity contribution is 5.80. The van der Waals surface area contributed by atoms with Gasteiger partial charge in [0.2, 0.25) is 0 Å². The summed E-state index contributed by atoms with van der Waals surface area (Å²) in [5, 5.41) is 5.76. The van der Waals surface area contributed by atoms with Gasteiger partial charge in [0.25, 0.3) is 5.56 Å². The first kappa shape index (κ1) is 10.8. The topological polar surface area (TPSA) is 60.9 Å². The third-order valence-electron chi connectivity index (χ3n) is 2.59. The second-order valence-electron chi connectivity index (χ2n) is 3.76. The zero-order chi connectivity index (χ0) is 11.4. The van der Waals surface area contributed by atoms with Gasteiger partial charge in [-0.05, 0) is 25.5 Å². The lowest BCUT2D eigenvalue weighted by Crippen LogP contribution is -2.23. The molecule has 1 aromatic carbocycles. The molecule has 1 heterocycles. The first-order valence-corrected chi connectivity index (χ1v) is 5.48. The van der Waals surface area contributed by atoms with Gasteiger partial charge >= 0.3 is 0 Å². The molecule has 0 spiro atoms. The number of rotatable bonds is 4. The molecule has 84 valence electrons. The van der Waals surface area contributed by atoms with Crippen LogP contribution in [-0.4, -0.2) is 16.3 Å². The smallest absolute Gasteiger partial charge is 0.274 e. The minimum Gasteiger partial charge on any atom is -0.330 e. The standard InChI is InChI=1S/C12H15N3O/c13-7-3-4-8-15-12(16)11-6-2-1-5-10(11)9-14-15/h1-2,5-6,9H,3-4,7-8,13H2. The van der Waals surface area contributed by atoms with Crippen molar-refractivity contribution in [3.05, 3.63) is 40.8 Å². The van der Waals surface area contributed by atoms with Crippen LogP contribution < -0.4 is 11.3 Å². The summed E-state index contributed by atoms with van der Waals surface area (Å²) in [6.45, 7) is 1.29. The zero-order valence-corrected chi connectivity index (χ0v) is 9.10. The molecular formula is C12H15N3O. The van der Waals surface area contributed by atoms with Crippen LogP contribution in [0.2, 0.25) is 0 Å². The fourth-order valence-corrected chi connectivity index (χ4v) is 1.69. The average Bonchev–Trinajstić information content (AvgIpc) is 2.33. The Hall–Kier alpha value is -1.68. The van der Waals surface area contributed by atoms with Gasteiger partial charge in [0.15, 0.2) is 0 Å². The van der Waals surface area contributed by atoms with E-state index in [9.17, 15) is 4.79 Å². The minimum atomic E-state index is -0.0184. The Balaban J connectivity index is 2.33. The van der Waals surface area contributed by atoms with Crippen molar-refractivity contribution in [2.75, 3.05) is 6.54 Å². The van der Waals surface area contributed by atoms with E-state index in [1.807, 2.05) is 24.3 Å². The molecule has 1 aromatic heterocycles. The third-order valence-corrected chi connectivity index (χ3v) is 2.59. The molecule has 4 heteroatoms. The van der Waals surface area contributed by atoms with Crippen LogP contribution in [0.5, 0.6) is 0 Å². The number of aryl methyl sites for hydroxylation is 1. The second-order valence-corrected chi connectivity index (χ2v) is 3.76. The molecule has 4 nitrogen and oxygen atoms in total. The van der Waals surface area contributed by atoms with E-state index in [0.717, 1.165) is 23.6 Å².